The number of nitrogens with one attached hydrogen (secondary N) is 1. The number of aliphatic hydroxyl groups excluding tert-OH is 1. The second-order valence-corrected chi connectivity index (χ2v) is 6.46. The molecule has 0 aromatic carbocycles. The highest BCUT2D eigenvalue weighted by Gasteiger charge is 2.25. The third-order valence-electron chi connectivity index (χ3n) is 3.51. The molecule has 3 heteroatoms. The van der Waals surface area contributed by atoms with Crippen molar-refractivity contribution in [2.24, 2.45) is 0 Å². The summed E-state index contributed by atoms with van der Waals surface area (Å²) < 4.78 is 0. The topological polar surface area (TPSA) is 32.3 Å². The van der Waals surface area contributed by atoms with Crippen LogP contribution in [-0.2, 0) is 0 Å². The van der Waals surface area contributed by atoms with Crippen molar-refractivity contribution >= 4 is 11.8 Å². The van der Waals surface area contributed by atoms with Crippen molar-refractivity contribution in [3.8, 4) is 0 Å². The van der Waals surface area contributed by atoms with Crippen LogP contribution in [0.4, 0.5) is 0 Å². The predicted molar refractivity (Wildman–Crippen MR) is 79.8 cm³/mol. The first-order valence-electron chi connectivity index (χ1n) is 7.11. The lowest BCUT2D eigenvalue weighted by atomic mass is 9.91. The van der Waals surface area contributed by atoms with Crippen molar-refractivity contribution in [3.63, 3.8) is 0 Å². The molecule has 0 bridgehead atoms. The summed E-state index contributed by atoms with van der Waals surface area (Å²) in [6.07, 6.45) is 5.67. The molecule has 2 N–H and O–H groups in total. The number of thioether (sulfide) groups is 1. The minimum atomic E-state index is -0.0357. The monoisotopic (exact) mass is 261 g/mol. The number of rotatable bonds is 11. The van der Waals surface area contributed by atoms with E-state index in [0.717, 1.165) is 31.1 Å². The van der Waals surface area contributed by atoms with E-state index in [1.54, 1.807) is 0 Å². The minimum absolute atomic E-state index is 0.0357. The van der Waals surface area contributed by atoms with E-state index >= 15 is 0 Å². The van der Waals surface area contributed by atoms with Crippen LogP contribution in [0, 0.1) is 0 Å². The molecule has 0 radical (unpaired) electrons. The van der Waals surface area contributed by atoms with E-state index in [1.807, 2.05) is 0 Å². The van der Waals surface area contributed by atoms with Gasteiger partial charge in [0.2, 0.25) is 0 Å². The van der Waals surface area contributed by atoms with Gasteiger partial charge in [-0.3, -0.25) is 0 Å². The Morgan fingerprint density at radius 1 is 1.29 bits per heavy atom. The first-order valence-corrected chi connectivity index (χ1v) is 8.16. The van der Waals surface area contributed by atoms with Gasteiger partial charge in [0.25, 0.3) is 0 Å². The van der Waals surface area contributed by atoms with Gasteiger partial charge in [-0.25, -0.2) is 0 Å². The van der Waals surface area contributed by atoms with Crippen LogP contribution in [0.2, 0.25) is 0 Å². The summed E-state index contributed by atoms with van der Waals surface area (Å²) in [6.45, 7) is 10.1. The summed E-state index contributed by atoms with van der Waals surface area (Å²) in [4.78, 5) is 0. The molecule has 0 saturated heterocycles. The normalized spacial score (nSPS) is 16.8. The van der Waals surface area contributed by atoms with Crippen LogP contribution in [-0.4, -0.2) is 34.8 Å². The molecule has 0 fully saturated rings. The quantitative estimate of drug-likeness (QED) is 0.559. The van der Waals surface area contributed by atoms with Crippen molar-refractivity contribution in [2.75, 3.05) is 18.9 Å². The van der Waals surface area contributed by atoms with E-state index in [2.05, 4.69) is 44.8 Å². The van der Waals surface area contributed by atoms with Gasteiger partial charge in [-0.2, -0.15) is 11.8 Å². The molecular formula is C14H31NOS. The lowest BCUT2D eigenvalue weighted by molar-refractivity contribution is 0.146. The molecule has 2 atom stereocenters. The molecule has 0 aromatic heterocycles. The summed E-state index contributed by atoms with van der Waals surface area (Å²) >= 11 is 2.05. The van der Waals surface area contributed by atoms with Gasteiger partial charge in [0, 0.05) is 10.8 Å². The smallest absolute Gasteiger partial charge is 0.0613 e. The molecule has 0 rings (SSSR count). The molecule has 0 spiro atoms. The van der Waals surface area contributed by atoms with Crippen molar-refractivity contribution in [1.82, 2.24) is 5.32 Å². The Bertz CT molecular complexity index is 172. The van der Waals surface area contributed by atoms with Gasteiger partial charge in [0.1, 0.15) is 0 Å². The molecule has 0 saturated carbocycles. The maximum absolute atomic E-state index is 9.59. The summed E-state index contributed by atoms with van der Waals surface area (Å²) in [5.74, 6) is 1.21. The van der Waals surface area contributed by atoms with E-state index in [-0.39, 0.29) is 12.1 Å². The largest absolute Gasteiger partial charge is 0.394 e. The molecule has 104 valence electrons. The predicted octanol–water partition coefficient (Wildman–Crippen LogP) is 3.44. The minimum Gasteiger partial charge on any atom is -0.394 e. The first-order chi connectivity index (χ1) is 8.14. The van der Waals surface area contributed by atoms with Crippen LogP contribution in [0.3, 0.4) is 0 Å². The zero-order chi connectivity index (χ0) is 13.1. The Labute approximate surface area is 112 Å². The number of aliphatic hydroxyl groups is 1. The Morgan fingerprint density at radius 2 is 2.00 bits per heavy atom. The van der Waals surface area contributed by atoms with E-state index in [9.17, 15) is 5.11 Å². The van der Waals surface area contributed by atoms with Crippen molar-refractivity contribution in [3.05, 3.63) is 0 Å². The summed E-state index contributed by atoms with van der Waals surface area (Å²) in [6, 6.07) is 0. The molecule has 0 aliphatic heterocycles. The summed E-state index contributed by atoms with van der Waals surface area (Å²) in [5.41, 5.74) is -0.0357. The number of hydrogen-bond acceptors (Lipinski definition) is 3. The van der Waals surface area contributed by atoms with Gasteiger partial charge >= 0.3 is 0 Å². The highest BCUT2D eigenvalue weighted by atomic mass is 32.2. The standard InChI is InChI=1S/C14H31NOS/c1-5-10-15-14(7-3,12-16)9-8-11-17-13(4)6-2/h13,15-16H,5-12H2,1-4H3. The highest BCUT2D eigenvalue weighted by Crippen LogP contribution is 2.21. The molecule has 2 nitrogen and oxygen atoms in total. The third kappa shape index (κ3) is 7.32. The van der Waals surface area contributed by atoms with Crippen molar-refractivity contribution in [1.29, 1.82) is 0 Å². The van der Waals surface area contributed by atoms with Gasteiger partial charge in [0.05, 0.1) is 6.61 Å². The highest BCUT2D eigenvalue weighted by molar-refractivity contribution is 7.99. The summed E-state index contributed by atoms with van der Waals surface area (Å²) in [7, 11) is 0. The Hall–Kier alpha value is 0.270. The second kappa shape index (κ2) is 10.2. The molecule has 0 aromatic rings. The lowest BCUT2D eigenvalue weighted by Crippen LogP contribution is -2.48. The average molecular weight is 261 g/mol. The average Bonchev–Trinajstić information content (AvgIpc) is 2.38. The fourth-order valence-corrected chi connectivity index (χ4v) is 2.79. The van der Waals surface area contributed by atoms with Gasteiger partial charge in [-0.15, -0.1) is 0 Å². The van der Waals surface area contributed by atoms with Gasteiger partial charge in [-0.05, 0) is 44.4 Å². The van der Waals surface area contributed by atoms with E-state index < -0.39 is 0 Å². The van der Waals surface area contributed by atoms with Crippen molar-refractivity contribution in [2.45, 2.75) is 70.6 Å². The van der Waals surface area contributed by atoms with Crippen LogP contribution < -0.4 is 5.32 Å². The second-order valence-electron chi connectivity index (χ2n) is 4.91. The van der Waals surface area contributed by atoms with Crippen LogP contribution >= 0.6 is 11.8 Å². The Morgan fingerprint density at radius 3 is 2.47 bits per heavy atom. The maximum atomic E-state index is 9.59. The van der Waals surface area contributed by atoms with Crippen LogP contribution in [0.15, 0.2) is 0 Å². The molecule has 2 unspecified atom stereocenters. The third-order valence-corrected chi connectivity index (χ3v) is 4.93. The van der Waals surface area contributed by atoms with E-state index in [0.29, 0.717) is 0 Å². The zero-order valence-electron chi connectivity index (χ0n) is 12.1. The summed E-state index contributed by atoms with van der Waals surface area (Å²) in [5, 5.41) is 13.9. The fourth-order valence-electron chi connectivity index (χ4n) is 1.84. The van der Waals surface area contributed by atoms with Gasteiger partial charge < -0.3 is 10.4 Å². The van der Waals surface area contributed by atoms with Crippen LogP contribution in [0.1, 0.15) is 59.8 Å². The van der Waals surface area contributed by atoms with Gasteiger partial charge in [-0.1, -0.05) is 27.7 Å². The lowest BCUT2D eigenvalue weighted by Gasteiger charge is -2.32. The van der Waals surface area contributed by atoms with Crippen LogP contribution in [0.25, 0.3) is 0 Å². The molecule has 0 heterocycles. The SMILES string of the molecule is CCCNC(CC)(CO)CCCSC(C)CC. The fraction of sp³-hybridized carbons (Fsp3) is 1.00. The number of hydrogen-bond donors (Lipinski definition) is 2. The van der Waals surface area contributed by atoms with Crippen molar-refractivity contribution < 1.29 is 5.11 Å². The van der Waals surface area contributed by atoms with E-state index in [4.69, 9.17) is 0 Å². The first kappa shape index (κ1) is 17.3. The molecular weight excluding hydrogens is 230 g/mol. The van der Waals surface area contributed by atoms with Crippen LogP contribution in [0.5, 0.6) is 0 Å². The molecule has 0 aliphatic rings. The molecule has 0 amide bonds. The Kier molecular flexibility index (Phi) is 10.4. The van der Waals surface area contributed by atoms with E-state index in [1.165, 1.54) is 18.6 Å². The Balaban J connectivity index is 3.91. The molecule has 0 aliphatic carbocycles. The molecule has 17 heavy (non-hydrogen) atoms. The van der Waals surface area contributed by atoms with Gasteiger partial charge in [0.15, 0.2) is 0 Å². The maximum Gasteiger partial charge on any atom is 0.0613 e. The zero-order valence-corrected chi connectivity index (χ0v) is 12.9.